The molecular weight excluding hydrogens is 342 g/mol. The fourth-order valence-electron chi connectivity index (χ4n) is 4.70. The molecule has 1 heterocycles. The highest BCUT2D eigenvalue weighted by Gasteiger charge is 2.38. The van der Waals surface area contributed by atoms with Crippen molar-refractivity contribution in [1.82, 2.24) is 4.90 Å². The molecule has 0 saturated carbocycles. The number of likely N-dealkylation sites (tertiary alicyclic amines) is 1. The summed E-state index contributed by atoms with van der Waals surface area (Å²) in [5.74, 6) is 0.797. The van der Waals surface area contributed by atoms with Gasteiger partial charge in [-0.2, -0.15) is 0 Å². The molecule has 5 heteroatoms. The summed E-state index contributed by atoms with van der Waals surface area (Å²) in [6.45, 7) is 8.81. The number of methoxy groups -OCH3 is 1. The van der Waals surface area contributed by atoms with Crippen LogP contribution in [-0.2, 0) is 16.0 Å². The summed E-state index contributed by atoms with van der Waals surface area (Å²) in [6.07, 6.45) is 3.31. The van der Waals surface area contributed by atoms with E-state index in [1.54, 1.807) is 7.11 Å². The van der Waals surface area contributed by atoms with Crippen molar-refractivity contribution in [3.63, 3.8) is 0 Å². The number of aliphatic hydroxyl groups excluding tert-OH is 1. The minimum Gasteiger partial charge on any atom is -0.491 e. The first kappa shape index (κ1) is 20.2. The highest BCUT2D eigenvalue weighted by molar-refractivity contribution is 5.79. The average Bonchev–Trinajstić information content (AvgIpc) is 3.19. The third-order valence-electron chi connectivity index (χ3n) is 6.35. The number of aryl methyl sites for hydroxylation is 1. The topological polar surface area (TPSA) is 59.0 Å². The predicted molar refractivity (Wildman–Crippen MR) is 105 cm³/mol. The molecule has 1 fully saturated rings. The summed E-state index contributed by atoms with van der Waals surface area (Å²) in [6, 6.07) is 2.07. The van der Waals surface area contributed by atoms with Crippen molar-refractivity contribution >= 4 is 5.91 Å². The molecule has 1 aromatic carbocycles. The minimum atomic E-state index is -0.625. The van der Waals surface area contributed by atoms with E-state index in [1.807, 2.05) is 18.7 Å². The summed E-state index contributed by atoms with van der Waals surface area (Å²) < 4.78 is 11.0. The molecule has 0 aromatic heterocycles. The van der Waals surface area contributed by atoms with E-state index in [0.717, 1.165) is 61.2 Å². The lowest BCUT2D eigenvalue weighted by Gasteiger charge is -2.37. The number of hydrogen-bond acceptors (Lipinski definition) is 4. The standard InChI is InChI=1S/C22H33NO4/c1-14-13-19(27-12-11-26-4)16(3)20-17(14)7-8-18(21(20)24)15(2)22(25)23-9-5-6-10-23/h13,15,18,21,24H,5-12H2,1-4H3. The second kappa shape index (κ2) is 8.61. The monoisotopic (exact) mass is 375 g/mol. The lowest BCUT2D eigenvalue weighted by atomic mass is 9.72. The Morgan fingerprint density at radius 3 is 2.67 bits per heavy atom. The molecule has 1 aromatic rings. The molecule has 0 radical (unpaired) electrons. The molecule has 1 aliphatic carbocycles. The van der Waals surface area contributed by atoms with Crippen LogP contribution < -0.4 is 4.74 Å². The van der Waals surface area contributed by atoms with Crippen LogP contribution in [0.3, 0.4) is 0 Å². The number of carbonyl (C=O) groups is 1. The summed E-state index contributed by atoms with van der Waals surface area (Å²) in [5, 5.41) is 11.2. The van der Waals surface area contributed by atoms with Gasteiger partial charge in [0.1, 0.15) is 12.4 Å². The zero-order valence-corrected chi connectivity index (χ0v) is 17.1. The lowest BCUT2D eigenvalue weighted by molar-refractivity contribution is -0.137. The second-order valence-electron chi connectivity index (χ2n) is 8.02. The summed E-state index contributed by atoms with van der Waals surface area (Å²) in [7, 11) is 1.65. The number of nitrogens with zero attached hydrogens (tertiary/aromatic N) is 1. The van der Waals surface area contributed by atoms with Gasteiger partial charge in [0.15, 0.2) is 0 Å². The average molecular weight is 376 g/mol. The lowest BCUT2D eigenvalue weighted by Crippen LogP contribution is -2.39. The fourth-order valence-corrected chi connectivity index (χ4v) is 4.70. The van der Waals surface area contributed by atoms with Crippen molar-refractivity contribution in [3.8, 4) is 5.75 Å². The molecule has 3 rings (SSSR count). The Morgan fingerprint density at radius 1 is 1.30 bits per heavy atom. The maximum atomic E-state index is 12.9. The van der Waals surface area contributed by atoms with Crippen LogP contribution in [-0.4, -0.2) is 49.3 Å². The van der Waals surface area contributed by atoms with Gasteiger partial charge >= 0.3 is 0 Å². The van der Waals surface area contributed by atoms with Crippen molar-refractivity contribution in [2.45, 2.75) is 52.6 Å². The third kappa shape index (κ3) is 3.99. The third-order valence-corrected chi connectivity index (χ3v) is 6.35. The molecule has 1 aliphatic heterocycles. The zero-order valence-electron chi connectivity index (χ0n) is 17.1. The second-order valence-corrected chi connectivity index (χ2v) is 8.02. The molecule has 1 amide bonds. The summed E-state index contributed by atoms with van der Waals surface area (Å²) in [4.78, 5) is 14.8. The van der Waals surface area contributed by atoms with Gasteiger partial charge in [-0.25, -0.2) is 0 Å². The normalized spacial score (nSPS) is 23.2. The molecule has 150 valence electrons. The minimum absolute atomic E-state index is 0.0436. The Hall–Kier alpha value is -1.59. The Labute approximate surface area is 162 Å². The number of ether oxygens (including phenoxy) is 2. The van der Waals surface area contributed by atoms with Crippen LogP contribution >= 0.6 is 0 Å². The first-order valence-electron chi connectivity index (χ1n) is 10.2. The number of fused-ring (bicyclic) bond motifs is 1. The Kier molecular flexibility index (Phi) is 6.43. The van der Waals surface area contributed by atoms with Gasteiger partial charge in [-0.05, 0) is 67.9 Å². The van der Waals surface area contributed by atoms with E-state index in [9.17, 15) is 9.90 Å². The van der Waals surface area contributed by atoms with Crippen LogP contribution in [0.4, 0.5) is 0 Å². The maximum Gasteiger partial charge on any atom is 0.225 e. The van der Waals surface area contributed by atoms with E-state index in [2.05, 4.69) is 13.0 Å². The van der Waals surface area contributed by atoms with Gasteiger partial charge in [0, 0.05) is 32.0 Å². The van der Waals surface area contributed by atoms with E-state index in [4.69, 9.17) is 9.47 Å². The fraction of sp³-hybridized carbons (Fsp3) is 0.682. The van der Waals surface area contributed by atoms with E-state index in [1.165, 1.54) is 5.56 Å². The van der Waals surface area contributed by atoms with Crippen molar-refractivity contribution in [3.05, 3.63) is 28.3 Å². The first-order chi connectivity index (χ1) is 13.0. The number of carbonyl (C=O) groups excluding carboxylic acids is 1. The SMILES string of the molecule is COCCOc1cc(C)c2c(c1C)C(O)C(C(C)C(=O)N1CCCC1)CC2. The van der Waals surface area contributed by atoms with Gasteiger partial charge in [0.05, 0.1) is 12.7 Å². The zero-order chi connectivity index (χ0) is 19.6. The first-order valence-corrected chi connectivity index (χ1v) is 10.2. The van der Waals surface area contributed by atoms with Gasteiger partial charge < -0.3 is 19.5 Å². The Balaban J connectivity index is 1.84. The quantitative estimate of drug-likeness (QED) is 0.776. The van der Waals surface area contributed by atoms with Gasteiger partial charge in [-0.15, -0.1) is 0 Å². The number of benzene rings is 1. The van der Waals surface area contributed by atoms with Gasteiger partial charge in [-0.3, -0.25) is 4.79 Å². The molecule has 5 nitrogen and oxygen atoms in total. The molecule has 3 unspecified atom stereocenters. The van der Waals surface area contributed by atoms with Crippen molar-refractivity contribution in [1.29, 1.82) is 0 Å². The molecule has 3 atom stereocenters. The smallest absolute Gasteiger partial charge is 0.225 e. The Bertz CT molecular complexity index is 681. The van der Waals surface area contributed by atoms with Crippen molar-refractivity contribution in [2.24, 2.45) is 11.8 Å². The molecule has 27 heavy (non-hydrogen) atoms. The molecule has 1 N–H and O–H groups in total. The van der Waals surface area contributed by atoms with Crippen LogP contribution in [0, 0.1) is 25.7 Å². The number of rotatable bonds is 6. The number of aliphatic hydroxyl groups is 1. The van der Waals surface area contributed by atoms with Crippen LogP contribution in [0.25, 0.3) is 0 Å². The van der Waals surface area contributed by atoms with Crippen LogP contribution in [0.15, 0.2) is 6.07 Å². The highest BCUT2D eigenvalue weighted by Crippen LogP contribution is 2.44. The Morgan fingerprint density at radius 2 is 2.00 bits per heavy atom. The van der Waals surface area contributed by atoms with Crippen molar-refractivity contribution in [2.75, 3.05) is 33.4 Å². The van der Waals surface area contributed by atoms with Gasteiger partial charge in [-0.1, -0.05) is 6.92 Å². The van der Waals surface area contributed by atoms with E-state index in [0.29, 0.717) is 13.2 Å². The highest BCUT2D eigenvalue weighted by atomic mass is 16.5. The molecule has 0 spiro atoms. The summed E-state index contributed by atoms with van der Waals surface area (Å²) >= 11 is 0. The maximum absolute atomic E-state index is 12.9. The van der Waals surface area contributed by atoms with E-state index in [-0.39, 0.29) is 17.7 Å². The van der Waals surface area contributed by atoms with Crippen LogP contribution in [0.2, 0.25) is 0 Å². The molecule has 0 bridgehead atoms. The van der Waals surface area contributed by atoms with Gasteiger partial charge in [0.25, 0.3) is 0 Å². The number of hydrogen-bond donors (Lipinski definition) is 1. The van der Waals surface area contributed by atoms with E-state index >= 15 is 0 Å². The molecule has 1 saturated heterocycles. The summed E-state index contributed by atoms with van der Waals surface area (Å²) in [5.41, 5.74) is 4.33. The van der Waals surface area contributed by atoms with E-state index < -0.39 is 6.10 Å². The van der Waals surface area contributed by atoms with Crippen LogP contribution in [0.1, 0.15) is 54.5 Å². The molecular formula is C22H33NO4. The van der Waals surface area contributed by atoms with Crippen LogP contribution in [0.5, 0.6) is 5.75 Å². The predicted octanol–water partition coefficient (Wildman–Crippen LogP) is 3.18. The number of amides is 1. The molecule has 2 aliphatic rings. The van der Waals surface area contributed by atoms with Crippen molar-refractivity contribution < 1.29 is 19.4 Å². The largest absolute Gasteiger partial charge is 0.491 e. The van der Waals surface area contributed by atoms with Gasteiger partial charge in [0.2, 0.25) is 5.91 Å².